The first-order valence-corrected chi connectivity index (χ1v) is 16.2. The quantitative estimate of drug-likeness (QED) is 0.156. The third-order valence-corrected chi connectivity index (χ3v) is 8.24. The van der Waals surface area contributed by atoms with Crippen molar-refractivity contribution in [2.24, 2.45) is 0 Å². The SMILES string of the molecule is CC(C)(C)c1ccc(C=Cc2ccc(C=Cc3ccc(C=Cc4ccc(C=Cc5ccc(C(C)(C)C)cc5)cc4)cc3)cc2)cc1. The van der Waals surface area contributed by atoms with Crippen LogP contribution in [0.3, 0.4) is 0 Å². The summed E-state index contributed by atoms with van der Waals surface area (Å²) in [7, 11) is 0. The Labute approximate surface area is 277 Å². The molecule has 0 N–H and O–H groups in total. The summed E-state index contributed by atoms with van der Waals surface area (Å²) in [6.07, 6.45) is 17.4. The van der Waals surface area contributed by atoms with Crippen molar-refractivity contribution in [3.63, 3.8) is 0 Å². The lowest BCUT2D eigenvalue weighted by atomic mass is 9.86. The molecule has 0 aliphatic rings. The van der Waals surface area contributed by atoms with Gasteiger partial charge in [-0.1, -0.05) is 211 Å². The van der Waals surface area contributed by atoms with Crippen LogP contribution in [0.5, 0.6) is 0 Å². The van der Waals surface area contributed by atoms with E-state index in [4.69, 9.17) is 0 Å². The molecule has 5 aromatic rings. The third-order valence-electron chi connectivity index (χ3n) is 8.24. The zero-order chi connectivity index (χ0) is 32.6. The van der Waals surface area contributed by atoms with E-state index < -0.39 is 0 Å². The van der Waals surface area contributed by atoms with Gasteiger partial charge in [0.05, 0.1) is 0 Å². The number of hydrogen-bond acceptors (Lipinski definition) is 0. The van der Waals surface area contributed by atoms with Gasteiger partial charge in [0.25, 0.3) is 0 Å². The number of benzene rings is 5. The van der Waals surface area contributed by atoms with Gasteiger partial charge in [-0.3, -0.25) is 0 Å². The van der Waals surface area contributed by atoms with E-state index in [-0.39, 0.29) is 10.8 Å². The van der Waals surface area contributed by atoms with Gasteiger partial charge < -0.3 is 0 Å². The van der Waals surface area contributed by atoms with Gasteiger partial charge >= 0.3 is 0 Å². The summed E-state index contributed by atoms with van der Waals surface area (Å²) in [6.45, 7) is 13.5. The molecule has 0 saturated carbocycles. The minimum absolute atomic E-state index is 0.178. The lowest BCUT2D eigenvalue weighted by Crippen LogP contribution is -2.10. The molecule has 0 nitrogen and oxygen atoms in total. The van der Waals surface area contributed by atoms with Crippen molar-refractivity contribution < 1.29 is 0 Å². The molecule has 0 saturated heterocycles. The summed E-state index contributed by atoms with van der Waals surface area (Å²) in [5, 5.41) is 0. The lowest BCUT2D eigenvalue weighted by molar-refractivity contribution is 0.590. The Morgan fingerprint density at radius 3 is 0.500 bits per heavy atom. The molecular formula is C46H46. The molecule has 0 atom stereocenters. The Morgan fingerprint density at radius 1 is 0.239 bits per heavy atom. The smallest absolute Gasteiger partial charge is 0.0132 e. The molecule has 0 aliphatic heterocycles. The van der Waals surface area contributed by atoms with Crippen LogP contribution < -0.4 is 0 Å². The summed E-state index contributed by atoms with van der Waals surface area (Å²) in [6, 6.07) is 43.7. The normalized spacial score (nSPS) is 12.7. The van der Waals surface area contributed by atoms with Gasteiger partial charge in [-0.05, 0) is 66.5 Å². The maximum atomic E-state index is 2.25. The second-order valence-electron chi connectivity index (χ2n) is 14.1. The average Bonchev–Trinajstić information content (AvgIpc) is 3.05. The van der Waals surface area contributed by atoms with E-state index in [1.165, 1.54) is 55.6 Å². The number of rotatable bonds is 8. The minimum atomic E-state index is 0.178. The molecule has 5 aromatic carbocycles. The standard InChI is InChI=1S/C46H46/c1-45(2,3)43-31-27-41(28-32-43)25-23-39-19-15-37(16-20-39)13-11-35-7-9-36(10-8-35)12-14-38-17-21-40(22-18-38)24-26-42-29-33-44(34-30-42)46(4,5)6/h7-34H,1-6H3. The van der Waals surface area contributed by atoms with Crippen molar-refractivity contribution in [2.75, 3.05) is 0 Å². The fourth-order valence-electron chi connectivity index (χ4n) is 5.11. The summed E-state index contributed by atoms with van der Waals surface area (Å²) in [5.74, 6) is 0. The fraction of sp³-hybridized carbons (Fsp3) is 0.174. The zero-order valence-corrected chi connectivity index (χ0v) is 28.2. The Hall–Kier alpha value is -4.94. The van der Waals surface area contributed by atoms with Gasteiger partial charge in [-0.2, -0.15) is 0 Å². The minimum Gasteiger partial charge on any atom is -0.0579 e. The maximum Gasteiger partial charge on any atom is -0.0132 e. The van der Waals surface area contributed by atoms with Crippen LogP contribution in [0.25, 0.3) is 48.6 Å². The van der Waals surface area contributed by atoms with Crippen molar-refractivity contribution in [3.8, 4) is 0 Å². The molecule has 230 valence electrons. The number of hydrogen-bond donors (Lipinski definition) is 0. The Bertz CT molecular complexity index is 1670. The van der Waals surface area contributed by atoms with Crippen LogP contribution in [-0.4, -0.2) is 0 Å². The molecule has 0 fully saturated rings. The van der Waals surface area contributed by atoms with E-state index in [1.807, 2.05) is 0 Å². The highest BCUT2D eigenvalue weighted by Gasteiger charge is 2.13. The first-order chi connectivity index (χ1) is 22.0. The molecule has 5 rings (SSSR count). The van der Waals surface area contributed by atoms with Gasteiger partial charge in [0.1, 0.15) is 0 Å². The topological polar surface area (TPSA) is 0 Å². The molecule has 0 radical (unpaired) electrons. The average molecular weight is 599 g/mol. The molecule has 0 heterocycles. The van der Waals surface area contributed by atoms with Crippen LogP contribution >= 0.6 is 0 Å². The van der Waals surface area contributed by atoms with Crippen molar-refractivity contribution in [2.45, 2.75) is 52.4 Å². The molecule has 0 aromatic heterocycles. The van der Waals surface area contributed by atoms with Crippen molar-refractivity contribution in [1.82, 2.24) is 0 Å². The largest absolute Gasteiger partial charge is 0.0579 e. The fourth-order valence-corrected chi connectivity index (χ4v) is 5.11. The van der Waals surface area contributed by atoms with E-state index >= 15 is 0 Å². The van der Waals surface area contributed by atoms with E-state index in [2.05, 4.69) is 211 Å². The Balaban J connectivity index is 1.12. The Morgan fingerprint density at radius 2 is 0.370 bits per heavy atom. The van der Waals surface area contributed by atoms with E-state index in [1.54, 1.807) is 0 Å². The van der Waals surface area contributed by atoms with Crippen molar-refractivity contribution in [3.05, 3.63) is 177 Å². The first-order valence-electron chi connectivity index (χ1n) is 16.2. The molecule has 0 aliphatic carbocycles. The molecule has 0 unspecified atom stereocenters. The van der Waals surface area contributed by atoms with Crippen LogP contribution in [0.2, 0.25) is 0 Å². The van der Waals surface area contributed by atoms with Crippen LogP contribution in [0, 0.1) is 0 Å². The zero-order valence-electron chi connectivity index (χ0n) is 28.2. The molecule has 46 heavy (non-hydrogen) atoms. The van der Waals surface area contributed by atoms with Gasteiger partial charge in [-0.25, -0.2) is 0 Å². The van der Waals surface area contributed by atoms with E-state index in [0.29, 0.717) is 0 Å². The lowest BCUT2D eigenvalue weighted by Gasteiger charge is -2.18. The van der Waals surface area contributed by atoms with Crippen LogP contribution in [0.15, 0.2) is 121 Å². The molecule has 0 spiro atoms. The van der Waals surface area contributed by atoms with Crippen LogP contribution in [0.1, 0.15) is 97.2 Å². The highest BCUT2D eigenvalue weighted by atomic mass is 14.2. The summed E-state index contributed by atoms with van der Waals surface area (Å²) in [4.78, 5) is 0. The molecule has 0 heteroatoms. The second kappa shape index (κ2) is 14.4. The summed E-state index contributed by atoms with van der Waals surface area (Å²) in [5.41, 5.74) is 12.6. The van der Waals surface area contributed by atoms with Gasteiger partial charge in [-0.15, -0.1) is 0 Å². The third kappa shape index (κ3) is 9.53. The first kappa shape index (κ1) is 32.5. The van der Waals surface area contributed by atoms with Crippen molar-refractivity contribution >= 4 is 48.6 Å². The van der Waals surface area contributed by atoms with E-state index in [0.717, 1.165) is 0 Å². The van der Waals surface area contributed by atoms with Crippen LogP contribution in [0.4, 0.5) is 0 Å². The van der Waals surface area contributed by atoms with Crippen molar-refractivity contribution in [1.29, 1.82) is 0 Å². The highest BCUT2D eigenvalue weighted by molar-refractivity contribution is 5.75. The molecule has 0 amide bonds. The van der Waals surface area contributed by atoms with E-state index in [9.17, 15) is 0 Å². The molecule has 0 bridgehead atoms. The predicted molar refractivity (Wildman–Crippen MR) is 205 cm³/mol. The van der Waals surface area contributed by atoms with Gasteiger partial charge in [0.15, 0.2) is 0 Å². The second-order valence-corrected chi connectivity index (χ2v) is 14.1. The summed E-state index contributed by atoms with van der Waals surface area (Å²) >= 11 is 0. The maximum absolute atomic E-state index is 2.25. The monoisotopic (exact) mass is 598 g/mol. The summed E-state index contributed by atoms with van der Waals surface area (Å²) < 4.78 is 0. The molecular weight excluding hydrogens is 553 g/mol. The Kier molecular flexibility index (Phi) is 10.2. The highest BCUT2D eigenvalue weighted by Crippen LogP contribution is 2.24. The van der Waals surface area contributed by atoms with Gasteiger partial charge in [0, 0.05) is 0 Å². The van der Waals surface area contributed by atoms with Crippen LogP contribution in [-0.2, 0) is 10.8 Å². The van der Waals surface area contributed by atoms with Gasteiger partial charge in [0.2, 0.25) is 0 Å². The predicted octanol–water partition coefficient (Wildman–Crippen LogP) is 13.0.